The van der Waals surface area contributed by atoms with Crippen LogP contribution in [0.4, 0.5) is 46.0 Å². The van der Waals surface area contributed by atoms with Crippen LogP contribution in [-0.4, -0.2) is 59.8 Å². The van der Waals surface area contributed by atoms with E-state index in [0.717, 1.165) is 7.05 Å². The summed E-state index contributed by atoms with van der Waals surface area (Å²) in [5.74, 6) is -1.23. The summed E-state index contributed by atoms with van der Waals surface area (Å²) in [6.45, 7) is 5.44. The molecule has 3 atom stereocenters. The van der Waals surface area contributed by atoms with E-state index >= 15 is 0 Å². The van der Waals surface area contributed by atoms with Crippen molar-refractivity contribution < 1.29 is 45.4 Å². The number of anilines is 1. The summed E-state index contributed by atoms with van der Waals surface area (Å²) in [4.78, 5) is 28.9. The number of carbonyl (C=O) groups is 2. The van der Waals surface area contributed by atoms with Crippen molar-refractivity contribution >= 4 is 17.8 Å². The van der Waals surface area contributed by atoms with Crippen molar-refractivity contribution in [2.24, 2.45) is 5.41 Å². The van der Waals surface area contributed by atoms with E-state index in [0.29, 0.717) is 22.6 Å². The second-order valence-electron chi connectivity index (χ2n) is 10.9. The number of nitrogens with zero attached hydrogens (tertiary/aromatic N) is 3. The van der Waals surface area contributed by atoms with Crippen LogP contribution in [0, 0.1) is 11.2 Å². The third kappa shape index (κ3) is 6.44. The molecule has 1 N–H and O–H groups in total. The normalized spacial score (nSPS) is 20.3. The predicted octanol–water partition coefficient (Wildman–Crippen LogP) is 7.30. The summed E-state index contributed by atoms with van der Waals surface area (Å²) in [5, 5.41) is 9.93. The molecule has 0 radical (unpaired) electrons. The fourth-order valence-corrected chi connectivity index (χ4v) is 5.36. The molecule has 0 aromatic heterocycles. The van der Waals surface area contributed by atoms with Gasteiger partial charge in [-0.1, -0.05) is 32.9 Å². The standard InChI is InChI=1S/C27H30F7N3O3/c1-25(2,3)22-21(15-6-8-18(28)9-7-15)20(10-11-37(22)24(39)40)36(5)23(38)35(4)19-13-16(26(29,30)31)12-17(14-19)27(32,33)34/h6-9,12-14,20-22H,10-11H2,1-5H3,(H,39,40)/t20-,21-,22?/m1/s1. The number of likely N-dealkylation sites (N-methyl/N-ethyl adjacent to an activating group) is 1. The van der Waals surface area contributed by atoms with Gasteiger partial charge >= 0.3 is 24.5 Å². The molecule has 6 nitrogen and oxygen atoms in total. The lowest BCUT2D eigenvalue weighted by Crippen LogP contribution is -2.61. The maximum absolute atomic E-state index is 13.8. The summed E-state index contributed by atoms with van der Waals surface area (Å²) < 4.78 is 94.2. The molecule has 0 spiro atoms. The molecule has 1 heterocycles. The first-order valence-corrected chi connectivity index (χ1v) is 12.3. The van der Waals surface area contributed by atoms with Crippen molar-refractivity contribution in [1.29, 1.82) is 0 Å². The van der Waals surface area contributed by atoms with Gasteiger partial charge in [0.15, 0.2) is 0 Å². The maximum atomic E-state index is 13.8. The molecule has 2 aromatic carbocycles. The lowest BCUT2D eigenvalue weighted by Gasteiger charge is -2.52. The number of amides is 3. The topological polar surface area (TPSA) is 64.1 Å². The van der Waals surface area contributed by atoms with Crippen LogP contribution in [0.3, 0.4) is 0 Å². The minimum atomic E-state index is -5.09. The van der Waals surface area contributed by atoms with E-state index in [1.807, 2.05) is 20.8 Å². The van der Waals surface area contributed by atoms with Crippen LogP contribution in [0.2, 0.25) is 0 Å². The Morgan fingerprint density at radius 2 is 1.40 bits per heavy atom. The number of alkyl halides is 6. The van der Waals surface area contributed by atoms with E-state index < -0.39 is 70.5 Å². The number of urea groups is 1. The highest BCUT2D eigenvalue weighted by Crippen LogP contribution is 2.44. The highest BCUT2D eigenvalue weighted by Gasteiger charge is 2.49. The van der Waals surface area contributed by atoms with Gasteiger partial charge in [-0.25, -0.2) is 14.0 Å². The van der Waals surface area contributed by atoms with Gasteiger partial charge < -0.3 is 14.9 Å². The number of carboxylic acid groups (broad SMARTS) is 1. The van der Waals surface area contributed by atoms with Gasteiger partial charge in [-0.15, -0.1) is 0 Å². The van der Waals surface area contributed by atoms with Gasteiger partial charge in [0, 0.05) is 44.3 Å². The number of hydrogen-bond acceptors (Lipinski definition) is 2. The monoisotopic (exact) mass is 577 g/mol. The second kappa shape index (κ2) is 10.8. The van der Waals surface area contributed by atoms with Crippen molar-refractivity contribution in [2.75, 3.05) is 25.5 Å². The molecule has 0 aliphatic carbocycles. The lowest BCUT2D eigenvalue weighted by atomic mass is 9.69. The van der Waals surface area contributed by atoms with Gasteiger partial charge in [-0.2, -0.15) is 26.3 Å². The summed E-state index contributed by atoms with van der Waals surface area (Å²) >= 11 is 0. The molecule has 0 saturated carbocycles. The molecular formula is C27H30F7N3O3. The molecule has 0 bridgehead atoms. The molecule has 1 fully saturated rings. The molecular weight excluding hydrogens is 547 g/mol. The minimum Gasteiger partial charge on any atom is -0.465 e. The molecule has 2 aromatic rings. The zero-order chi connectivity index (χ0) is 30.4. The zero-order valence-corrected chi connectivity index (χ0v) is 22.4. The highest BCUT2D eigenvalue weighted by atomic mass is 19.4. The Morgan fingerprint density at radius 3 is 1.82 bits per heavy atom. The molecule has 1 unspecified atom stereocenters. The van der Waals surface area contributed by atoms with Crippen LogP contribution in [0.1, 0.15) is 49.8 Å². The van der Waals surface area contributed by atoms with E-state index in [1.54, 1.807) is 0 Å². The predicted molar refractivity (Wildman–Crippen MR) is 134 cm³/mol. The van der Waals surface area contributed by atoms with Crippen LogP contribution < -0.4 is 4.90 Å². The summed E-state index contributed by atoms with van der Waals surface area (Å²) in [6, 6.07) is 3.90. The lowest BCUT2D eigenvalue weighted by molar-refractivity contribution is -0.143. The molecule has 220 valence electrons. The SMILES string of the molecule is CN(C(=O)N(C)[C@@H]1CCN(C(=O)O)C(C(C)(C)C)[C@@H]1c1ccc(F)cc1)c1cc(C(F)(F)F)cc(C(F)(F)F)c1. The van der Waals surface area contributed by atoms with Crippen LogP contribution in [0.15, 0.2) is 42.5 Å². The van der Waals surface area contributed by atoms with E-state index in [9.17, 15) is 45.4 Å². The summed E-state index contributed by atoms with van der Waals surface area (Å²) in [5.41, 5.74) is -3.89. The Labute approximate surface area is 227 Å². The van der Waals surface area contributed by atoms with Gasteiger partial charge in [-0.3, -0.25) is 4.90 Å². The first kappa shape index (κ1) is 31.0. The quantitative estimate of drug-likeness (QED) is 0.390. The highest BCUT2D eigenvalue weighted by molar-refractivity contribution is 5.92. The molecule has 3 rings (SSSR count). The summed E-state index contributed by atoms with van der Waals surface area (Å²) in [6.07, 6.45) is -11.3. The van der Waals surface area contributed by atoms with Crippen LogP contribution in [0.25, 0.3) is 0 Å². The Morgan fingerprint density at radius 1 is 0.900 bits per heavy atom. The first-order chi connectivity index (χ1) is 18.2. The van der Waals surface area contributed by atoms with Crippen LogP contribution in [-0.2, 0) is 12.4 Å². The maximum Gasteiger partial charge on any atom is 0.416 e. The molecule has 1 aliphatic heterocycles. The summed E-state index contributed by atoms with van der Waals surface area (Å²) in [7, 11) is 2.42. The third-order valence-electron chi connectivity index (χ3n) is 7.19. The van der Waals surface area contributed by atoms with Crippen LogP contribution >= 0.6 is 0 Å². The number of piperidine rings is 1. The fourth-order valence-electron chi connectivity index (χ4n) is 5.36. The van der Waals surface area contributed by atoms with Gasteiger partial charge in [0.25, 0.3) is 0 Å². The fraction of sp³-hybridized carbons (Fsp3) is 0.481. The van der Waals surface area contributed by atoms with E-state index in [2.05, 4.69) is 0 Å². The molecule has 1 saturated heterocycles. The molecule has 3 amide bonds. The molecule has 13 heteroatoms. The Kier molecular flexibility index (Phi) is 8.38. The van der Waals surface area contributed by atoms with Gasteiger partial charge in [0.05, 0.1) is 11.1 Å². The van der Waals surface area contributed by atoms with Gasteiger partial charge in [0.2, 0.25) is 0 Å². The smallest absolute Gasteiger partial charge is 0.416 e. The van der Waals surface area contributed by atoms with Crippen molar-refractivity contribution in [3.8, 4) is 0 Å². The number of likely N-dealkylation sites (tertiary alicyclic amines) is 1. The van der Waals surface area contributed by atoms with E-state index in [1.165, 1.54) is 41.1 Å². The molecule has 1 aliphatic rings. The zero-order valence-electron chi connectivity index (χ0n) is 22.4. The van der Waals surface area contributed by atoms with Crippen molar-refractivity contribution in [3.63, 3.8) is 0 Å². The average molecular weight is 578 g/mol. The largest absolute Gasteiger partial charge is 0.465 e. The Hall–Kier alpha value is -3.51. The number of benzene rings is 2. The first-order valence-electron chi connectivity index (χ1n) is 12.3. The molecule has 40 heavy (non-hydrogen) atoms. The minimum absolute atomic E-state index is 0.0166. The van der Waals surface area contributed by atoms with E-state index in [-0.39, 0.29) is 19.0 Å². The second-order valence-corrected chi connectivity index (χ2v) is 10.9. The number of hydrogen-bond donors (Lipinski definition) is 1. The third-order valence-corrected chi connectivity index (χ3v) is 7.19. The van der Waals surface area contributed by atoms with Gasteiger partial charge in [-0.05, 0) is 47.7 Å². The average Bonchev–Trinajstić information content (AvgIpc) is 2.85. The number of carbonyl (C=O) groups excluding carboxylic acids is 1. The van der Waals surface area contributed by atoms with Crippen LogP contribution in [0.5, 0.6) is 0 Å². The Balaban J connectivity index is 2.08. The van der Waals surface area contributed by atoms with Crippen molar-refractivity contribution in [3.05, 3.63) is 65.0 Å². The van der Waals surface area contributed by atoms with Crippen molar-refractivity contribution in [1.82, 2.24) is 9.80 Å². The van der Waals surface area contributed by atoms with Crippen molar-refractivity contribution in [2.45, 2.75) is 57.5 Å². The van der Waals surface area contributed by atoms with Gasteiger partial charge in [0.1, 0.15) is 5.82 Å². The number of halogens is 7. The van der Waals surface area contributed by atoms with E-state index in [4.69, 9.17) is 0 Å². The Bertz CT molecular complexity index is 1210. The number of rotatable bonds is 3.